The average Bonchev–Trinajstić information content (AvgIpc) is 2.81. The van der Waals surface area contributed by atoms with Crippen molar-refractivity contribution in [3.8, 4) is 0 Å². The minimum Gasteiger partial charge on any atom is -0.332 e. The van der Waals surface area contributed by atoms with E-state index >= 15 is 0 Å². The van der Waals surface area contributed by atoms with Crippen LogP contribution in [0.15, 0.2) is 6.20 Å². The summed E-state index contributed by atoms with van der Waals surface area (Å²) in [5.41, 5.74) is 2.00. The van der Waals surface area contributed by atoms with Gasteiger partial charge in [-0.2, -0.15) is 10.2 Å². The van der Waals surface area contributed by atoms with Gasteiger partial charge >= 0.3 is 5.69 Å². The average molecular weight is 278 g/mol. The molecule has 8 nitrogen and oxygen atoms in total. The highest BCUT2D eigenvalue weighted by atomic mass is 16.6. The van der Waals surface area contributed by atoms with E-state index in [2.05, 4.69) is 15.5 Å². The molecule has 0 aliphatic heterocycles. The first-order chi connectivity index (χ1) is 9.31. The molecule has 0 radical (unpaired) electrons. The first kappa shape index (κ1) is 14.0. The molecule has 0 spiro atoms. The molecule has 2 aromatic rings. The summed E-state index contributed by atoms with van der Waals surface area (Å²) in [6.07, 6.45) is 1.78. The molecule has 0 bridgehead atoms. The molecule has 0 amide bonds. The van der Waals surface area contributed by atoms with Crippen molar-refractivity contribution in [3.63, 3.8) is 0 Å². The molecule has 20 heavy (non-hydrogen) atoms. The van der Waals surface area contributed by atoms with Crippen LogP contribution in [0.3, 0.4) is 0 Å². The van der Waals surface area contributed by atoms with E-state index in [-0.39, 0.29) is 11.6 Å². The lowest BCUT2D eigenvalue weighted by Crippen LogP contribution is -2.01. The molecule has 108 valence electrons. The number of anilines is 2. The van der Waals surface area contributed by atoms with Crippen LogP contribution in [0.4, 0.5) is 17.2 Å². The van der Waals surface area contributed by atoms with Crippen LogP contribution in [0.2, 0.25) is 0 Å². The lowest BCUT2D eigenvalue weighted by molar-refractivity contribution is -0.384. The molecule has 0 saturated carbocycles. The molecular weight excluding hydrogens is 260 g/mol. The number of nitro groups is 1. The molecule has 8 heteroatoms. The van der Waals surface area contributed by atoms with Gasteiger partial charge in [0, 0.05) is 26.2 Å². The molecule has 0 atom stereocenters. The fourth-order valence-corrected chi connectivity index (χ4v) is 2.09. The summed E-state index contributed by atoms with van der Waals surface area (Å²) in [6.45, 7) is 5.61. The Kier molecular flexibility index (Phi) is 3.47. The highest BCUT2D eigenvalue weighted by Gasteiger charge is 2.29. The van der Waals surface area contributed by atoms with E-state index in [0.717, 1.165) is 11.4 Å². The molecule has 1 N–H and O–H groups in total. The van der Waals surface area contributed by atoms with E-state index in [1.165, 1.54) is 4.68 Å². The smallest absolute Gasteiger partial charge is 0.332 e. The molecule has 0 aliphatic carbocycles. The quantitative estimate of drug-likeness (QED) is 0.684. The molecule has 2 rings (SSSR count). The molecule has 0 aliphatic rings. The topological polar surface area (TPSA) is 90.8 Å². The van der Waals surface area contributed by atoms with Crippen molar-refractivity contribution >= 4 is 17.2 Å². The van der Waals surface area contributed by atoms with Gasteiger partial charge in [0.1, 0.15) is 5.69 Å². The Hall–Kier alpha value is -2.38. The summed E-state index contributed by atoms with van der Waals surface area (Å²) in [7, 11) is 3.49. The zero-order valence-electron chi connectivity index (χ0n) is 12.2. The lowest BCUT2D eigenvalue weighted by atomic mass is 10.1. The normalized spacial score (nSPS) is 11.1. The van der Waals surface area contributed by atoms with E-state index in [1.807, 2.05) is 20.8 Å². The summed E-state index contributed by atoms with van der Waals surface area (Å²) >= 11 is 0. The van der Waals surface area contributed by atoms with Crippen molar-refractivity contribution in [1.82, 2.24) is 19.6 Å². The second-order valence-corrected chi connectivity index (χ2v) is 5.04. The number of aryl methyl sites for hydroxylation is 3. The third kappa shape index (κ3) is 2.36. The second kappa shape index (κ2) is 4.95. The number of nitrogens with one attached hydrogen (secondary N) is 1. The summed E-state index contributed by atoms with van der Waals surface area (Å²) < 4.78 is 3.16. The van der Waals surface area contributed by atoms with Gasteiger partial charge < -0.3 is 5.32 Å². The van der Waals surface area contributed by atoms with Gasteiger partial charge in [-0.15, -0.1) is 0 Å². The SMILES string of the molecule is Cc1nn(C)cc1Nc1c([N+](=O)[O-])c(C(C)C)nn1C. The van der Waals surface area contributed by atoms with Gasteiger partial charge in [0.2, 0.25) is 5.82 Å². The Balaban J connectivity index is 2.51. The monoisotopic (exact) mass is 278 g/mol. The minimum absolute atomic E-state index is 0.0192. The summed E-state index contributed by atoms with van der Waals surface area (Å²) in [5.74, 6) is 0.349. The number of hydrogen-bond acceptors (Lipinski definition) is 5. The van der Waals surface area contributed by atoms with Gasteiger partial charge in [0.15, 0.2) is 0 Å². The number of aromatic nitrogens is 4. The fourth-order valence-electron chi connectivity index (χ4n) is 2.09. The van der Waals surface area contributed by atoms with Gasteiger partial charge in [0.25, 0.3) is 0 Å². The third-order valence-electron chi connectivity index (χ3n) is 3.04. The Bertz CT molecular complexity index is 655. The highest BCUT2D eigenvalue weighted by Crippen LogP contribution is 2.34. The van der Waals surface area contributed by atoms with Crippen LogP contribution >= 0.6 is 0 Å². The van der Waals surface area contributed by atoms with Crippen LogP contribution in [-0.2, 0) is 14.1 Å². The van der Waals surface area contributed by atoms with Crippen molar-refractivity contribution in [2.75, 3.05) is 5.32 Å². The summed E-state index contributed by atoms with van der Waals surface area (Å²) in [6, 6.07) is 0. The van der Waals surface area contributed by atoms with Crippen LogP contribution < -0.4 is 5.32 Å². The first-order valence-electron chi connectivity index (χ1n) is 6.29. The van der Waals surface area contributed by atoms with E-state index < -0.39 is 4.92 Å². The van der Waals surface area contributed by atoms with Crippen LogP contribution in [0, 0.1) is 17.0 Å². The molecular formula is C12H18N6O2. The Morgan fingerprint density at radius 3 is 2.45 bits per heavy atom. The standard InChI is InChI=1S/C12H18N6O2/c1-7(2)10-11(18(19)20)12(17(5)15-10)13-9-6-16(4)14-8(9)3/h6-7,13H,1-5H3. The fraction of sp³-hybridized carbons (Fsp3) is 0.500. The zero-order valence-corrected chi connectivity index (χ0v) is 12.2. The van der Waals surface area contributed by atoms with Gasteiger partial charge in [0.05, 0.1) is 16.3 Å². The van der Waals surface area contributed by atoms with E-state index in [4.69, 9.17) is 0 Å². The van der Waals surface area contributed by atoms with Crippen molar-refractivity contribution < 1.29 is 4.92 Å². The third-order valence-corrected chi connectivity index (χ3v) is 3.04. The van der Waals surface area contributed by atoms with Crippen LogP contribution in [0.1, 0.15) is 31.2 Å². The van der Waals surface area contributed by atoms with Gasteiger partial charge in [-0.3, -0.25) is 14.8 Å². The largest absolute Gasteiger partial charge is 0.334 e. The van der Waals surface area contributed by atoms with Crippen LogP contribution in [0.5, 0.6) is 0 Å². The van der Waals surface area contributed by atoms with Gasteiger partial charge in [-0.1, -0.05) is 13.8 Å². The van der Waals surface area contributed by atoms with Gasteiger partial charge in [-0.25, -0.2) is 4.68 Å². The van der Waals surface area contributed by atoms with E-state index in [0.29, 0.717) is 11.5 Å². The molecule has 0 aromatic carbocycles. The maximum atomic E-state index is 11.3. The number of nitrogens with zero attached hydrogens (tertiary/aromatic N) is 5. The Morgan fingerprint density at radius 1 is 1.35 bits per heavy atom. The van der Waals surface area contributed by atoms with Crippen LogP contribution in [0.25, 0.3) is 0 Å². The summed E-state index contributed by atoms with van der Waals surface area (Å²) in [5, 5.41) is 22.9. The molecule has 2 heterocycles. The zero-order chi connectivity index (χ0) is 15.0. The summed E-state index contributed by atoms with van der Waals surface area (Å²) in [4.78, 5) is 10.9. The Labute approximate surface area is 116 Å². The van der Waals surface area contributed by atoms with E-state index in [1.54, 1.807) is 25.0 Å². The van der Waals surface area contributed by atoms with Crippen LogP contribution in [-0.4, -0.2) is 24.5 Å². The minimum atomic E-state index is -0.392. The predicted octanol–water partition coefficient (Wildman–Crippen LogP) is 2.24. The number of hydrogen-bond donors (Lipinski definition) is 1. The molecule has 0 fully saturated rings. The van der Waals surface area contributed by atoms with Crippen molar-refractivity contribution in [2.24, 2.45) is 14.1 Å². The van der Waals surface area contributed by atoms with Gasteiger partial charge in [-0.05, 0) is 6.92 Å². The molecule has 2 aromatic heterocycles. The number of rotatable bonds is 4. The predicted molar refractivity (Wildman–Crippen MR) is 75.2 cm³/mol. The van der Waals surface area contributed by atoms with Crippen molar-refractivity contribution in [1.29, 1.82) is 0 Å². The van der Waals surface area contributed by atoms with Crippen molar-refractivity contribution in [2.45, 2.75) is 26.7 Å². The lowest BCUT2D eigenvalue weighted by Gasteiger charge is -2.04. The second-order valence-electron chi connectivity index (χ2n) is 5.04. The molecule has 0 unspecified atom stereocenters. The highest BCUT2D eigenvalue weighted by molar-refractivity contribution is 5.69. The maximum Gasteiger partial charge on any atom is 0.334 e. The molecule has 0 saturated heterocycles. The van der Waals surface area contributed by atoms with E-state index in [9.17, 15) is 10.1 Å². The maximum absolute atomic E-state index is 11.3. The Morgan fingerprint density at radius 2 is 2.00 bits per heavy atom. The van der Waals surface area contributed by atoms with Crippen molar-refractivity contribution in [3.05, 3.63) is 27.7 Å². The first-order valence-corrected chi connectivity index (χ1v) is 6.29.